The van der Waals surface area contributed by atoms with Crippen LogP contribution in [0.4, 0.5) is 4.39 Å². The lowest BCUT2D eigenvalue weighted by molar-refractivity contribution is 0.480. The molecule has 0 amide bonds. The van der Waals surface area contributed by atoms with Crippen molar-refractivity contribution >= 4 is 10.9 Å². The molecule has 0 saturated carbocycles. The summed E-state index contributed by atoms with van der Waals surface area (Å²) in [6.45, 7) is 0. The predicted octanol–water partition coefficient (Wildman–Crippen LogP) is 2.08. The van der Waals surface area contributed by atoms with E-state index in [0.29, 0.717) is 10.9 Å². The zero-order chi connectivity index (χ0) is 10.1. The van der Waals surface area contributed by atoms with Gasteiger partial charge < -0.3 is 10.1 Å². The van der Waals surface area contributed by atoms with Gasteiger partial charge in [-0.2, -0.15) is 5.26 Å². The number of rotatable bonds is 1. The normalized spacial score (nSPS) is 10.3. The van der Waals surface area contributed by atoms with Gasteiger partial charge in [0, 0.05) is 11.6 Å². The molecule has 70 valence electrons. The molecule has 1 aromatic carbocycles. The minimum absolute atomic E-state index is 0.00657. The Bertz CT molecular complexity index is 525. The molecule has 0 atom stereocenters. The lowest BCUT2D eigenvalue weighted by atomic mass is 10.1. The van der Waals surface area contributed by atoms with Crippen molar-refractivity contribution in [1.82, 2.24) is 4.98 Å². The second kappa shape index (κ2) is 3.04. The molecule has 0 aliphatic heterocycles. The van der Waals surface area contributed by atoms with E-state index >= 15 is 0 Å². The summed E-state index contributed by atoms with van der Waals surface area (Å²) in [5.41, 5.74) is 0.856. The summed E-state index contributed by atoms with van der Waals surface area (Å²) >= 11 is 0. The van der Waals surface area contributed by atoms with Crippen molar-refractivity contribution in [2.24, 2.45) is 0 Å². The van der Waals surface area contributed by atoms with Crippen LogP contribution in [0.3, 0.4) is 0 Å². The molecule has 1 heterocycles. The highest BCUT2D eigenvalue weighted by atomic mass is 19.1. The van der Waals surface area contributed by atoms with Gasteiger partial charge in [-0.3, -0.25) is 0 Å². The summed E-state index contributed by atoms with van der Waals surface area (Å²) in [5, 5.41) is 18.4. The monoisotopic (exact) mass is 190 g/mol. The van der Waals surface area contributed by atoms with Crippen LogP contribution in [0.15, 0.2) is 18.3 Å². The molecular formula is C10H7FN2O. The summed E-state index contributed by atoms with van der Waals surface area (Å²) < 4.78 is 13.2. The van der Waals surface area contributed by atoms with Gasteiger partial charge in [-0.25, -0.2) is 4.39 Å². The van der Waals surface area contributed by atoms with Crippen molar-refractivity contribution < 1.29 is 9.50 Å². The average molecular weight is 190 g/mol. The van der Waals surface area contributed by atoms with E-state index < -0.39 is 5.82 Å². The quantitative estimate of drug-likeness (QED) is 0.723. The molecule has 2 rings (SSSR count). The molecule has 2 aromatic rings. The number of phenols is 1. The summed E-state index contributed by atoms with van der Waals surface area (Å²) in [6.07, 6.45) is 1.69. The molecule has 0 unspecified atom stereocenters. The van der Waals surface area contributed by atoms with Gasteiger partial charge in [0.1, 0.15) is 11.6 Å². The molecule has 0 spiro atoms. The fraction of sp³-hybridized carbons (Fsp3) is 0.100. The zero-order valence-electron chi connectivity index (χ0n) is 7.21. The summed E-state index contributed by atoms with van der Waals surface area (Å²) in [7, 11) is 0. The van der Waals surface area contributed by atoms with Crippen molar-refractivity contribution in [3.05, 3.63) is 29.7 Å². The maximum absolute atomic E-state index is 13.2. The largest absolute Gasteiger partial charge is 0.507 e. The lowest BCUT2D eigenvalue weighted by Gasteiger charge is -1.97. The minimum atomic E-state index is -0.429. The number of halogens is 1. The molecule has 4 heteroatoms. The topological polar surface area (TPSA) is 59.8 Å². The van der Waals surface area contributed by atoms with E-state index in [0.717, 1.165) is 0 Å². The SMILES string of the molecule is N#CCc1c[nH]c2c(F)ccc(O)c12. The molecule has 1 aromatic heterocycles. The van der Waals surface area contributed by atoms with Gasteiger partial charge in [0.25, 0.3) is 0 Å². The third kappa shape index (κ3) is 1.11. The molecule has 0 aliphatic rings. The zero-order valence-corrected chi connectivity index (χ0v) is 7.21. The van der Waals surface area contributed by atoms with Crippen molar-refractivity contribution in [3.63, 3.8) is 0 Å². The van der Waals surface area contributed by atoms with E-state index in [1.165, 1.54) is 18.3 Å². The number of fused-ring (bicyclic) bond motifs is 1. The van der Waals surface area contributed by atoms with Gasteiger partial charge in [0.15, 0.2) is 0 Å². The van der Waals surface area contributed by atoms with Crippen molar-refractivity contribution in [1.29, 1.82) is 5.26 Å². The standard InChI is InChI=1S/C10H7FN2O/c11-7-1-2-8(14)9-6(3-4-12)5-13-10(7)9/h1-2,5,13-14H,3H2. The van der Waals surface area contributed by atoms with Crippen molar-refractivity contribution in [2.45, 2.75) is 6.42 Å². The molecule has 0 bridgehead atoms. The fourth-order valence-corrected chi connectivity index (χ4v) is 1.49. The number of hydrogen-bond donors (Lipinski definition) is 2. The van der Waals surface area contributed by atoms with Crippen LogP contribution in [-0.2, 0) is 6.42 Å². The maximum Gasteiger partial charge on any atom is 0.147 e. The van der Waals surface area contributed by atoms with Crippen LogP contribution < -0.4 is 0 Å². The van der Waals surface area contributed by atoms with Gasteiger partial charge in [-0.1, -0.05) is 0 Å². The smallest absolute Gasteiger partial charge is 0.147 e. The Labute approximate surface area is 79.4 Å². The number of aromatic hydroxyl groups is 1. The van der Waals surface area contributed by atoms with Gasteiger partial charge in [-0.15, -0.1) is 0 Å². The fourth-order valence-electron chi connectivity index (χ4n) is 1.49. The van der Waals surface area contributed by atoms with Crippen LogP contribution in [0.2, 0.25) is 0 Å². The summed E-state index contributed by atoms with van der Waals surface area (Å²) in [6, 6.07) is 4.42. The van der Waals surface area contributed by atoms with Crippen molar-refractivity contribution in [3.8, 4) is 11.8 Å². The van der Waals surface area contributed by atoms with Crippen LogP contribution in [0.5, 0.6) is 5.75 Å². The molecule has 3 nitrogen and oxygen atoms in total. The van der Waals surface area contributed by atoms with Gasteiger partial charge >= 0.3 is 0 Å². The average Bonchev–Trinajstić information content (AvgIpc) is 2.58. The van der Waals surface area contributed by atoms with E-state index in [2.05, 4.69) is 4.98 Å². The molecule has 0 saturated heterocycles. The molecule has 2 N–H and O–H groups in total. The highest BCUT2D eigenvalue weighted by molar-refractivity contribution is 5.89. The Kier molecular flexibility index (Phi) is 1.86. The second-order valence-corrected chi connectivity index (χ2v) is 2.97. The van der Waals surface area contributed by atoms with E-state index in [1.807, 2.05) is 6.07 Å². The summed E-state index contributed by atoms with van der Waals surface area (Å²) in [5.74, 6) is -0.435. The lowest BCUT2D eigenvalue weighted by Crippen LogP contribution is -1.81. The Balaban J connectivity index is 2.78. The number of nitrogens with zero attached hydrogens (tertiary/aromatic N) is 1. The number of phenolic OH excluding ortho intramolecular Hbond substituents is 1. The third-order valence-electron chi connectivity index (χ3n) is 2.11. The molecular weight excluding hydrogens is 183 g/mol. The number of nitrogens with one attached hydrogen (secondary N) is 1. The van der Waals surface area contributed by atoms with Gasteiger partial charge in [-0.05, 0) is 17.7 Å². The minimum Gasteiger partial charge on any atom is -0.507 e. The van der Waals surface area contributed by atoms with Crippen LogP contribution >= 0.6 is 0 Å². The van der Waals surface area contributed by atoms with Crippen LogP contribution in [0.1, 0.15) is 5.56 Å². The van der Waals surface area contributed by atoms with E-state index in [4.69, 9.17) is 5.26 Å². The first-order valence-electron chi connectivity index (χ1n) is 4.08. The first-order valence-corrected chi connectivity index (χ1v) is 4.08. The number of H-pyrrole nitrogens is 1. The third-order valence-corrected chi connectivity index (χ3v) is 2.11. The van der Waals surface area contributed by atoms with E-state index in [1.54, 1.807) is 0 Å². The highest BCUT2D eigenvalue weighted by Crippen LogP contribution is 2.29. The first-order chi connectivity index (χ1) is 6.74. The molecule has 14 heavy (non-hydrogen) atoms. The molecule has 0 fully saturated rings. The highest BCUT2D eigenvalue weighted by Gasteiger charge is 2.11. The van der Waals surface area contributed by atoms with E-state index in [9.17, 15) is 9.50 Å². The number of nitriles is 1. The van der Waals surface area contributed by atoms with Gasteiger partial charge in [0.2, 0.25) is 0 Å². The van der Waals surface area contributed by atoms with Gasteiger partial charge in [0.05, 0.1) is 18.0 Å². The number of benzene rings is 1. The van der Waals surface area contributed by atoms with Crippen molar-refractivity contribution in [2.75, 3.05) is 0 Å². The maximum atomic E-state index is 13.2. The predicted molar refractivity (Wildman–Crippen MR) is 49.2 cm³/mol. The Hall–Kier alpha value is -2.02. The Morgan fingerprint density at radius 1 is 1.50 bits per heavy atom. The second-order valence-electron chi connectivity index (χ2n) is 2.97. The van der Waals surface area contributed by atoms with E-state index in [-0.39, 0.29) is 17.7 Å². The number of aromatic amines is 1. The number of hydrogen-bond acceptors (Lipinski definition) is 2. The molecule has 0 aliphatic carbocycles. The Morgan fingerprint density at radius 3 is 3.00 bits per heavy atom. The molecule has 0 radical (unpaired) electrons. The summed E-state index contributed by atoms with van der Waals surface area (Å²) in [4.78, 5) is 2.70. The van der Waals surface area contributed by atoms with Crippen LogP contribution in [0.25, 0.3) is 10.9 Å². The first kappa shape index (κ1) is 8.57. The van der Waals surface area contributed by atoms with Crippen LogP contribution in [0, 0.1) is 17.1 Å². The number of aromatic nitrogens is 1. The van der Waals surface area contributed by atoms with Crippen LogP contribution in [-0.4, -0.2) is 10.1 Å². The Morgan fingerprint density at radius 2 is 2.29 bits per heavy atom.